The van der Waals surface area contributed by atoms with Gasteiger partial charge in [-0.2, -0.15) is 0 Å². The van der Waals surface area contributed by atoms with Crippen LogP contribution in [0, 0.1) is 17.0 Å². The number of carboxylic acids is 1. The van der Waals surface area contributed by atoms with Gasteiger partial charge in [0.15, 0.2) is 0 Å². The van der Waals surface area contributed by atoms with Crippen LogP contribution in [-0.4, -0.2) is 16.0 Å². The fourth-order valence-corrected chi connectivity index (χ4v) is 0.946. The highest BCUT2D eigenvalue weighted by Crippen LogP contribution is 2.20. The maximum atomic E-state index is 10.5. The van der Waals surface area contributed by atoms with Crippen LogP contribution in [0.25, 0.3) is 0 Å². The minimum atomic E-state index is -1.21. The second-order valence-corrected chi connectivity index (χ2v) is 2.37. The van der Waals surface area contributed by atoms with Crippen molar-refractivity contribution < 1.29 is 14.8 Å². The molecule has 1 N–H and O–H groups in total. The minimum Gasteiger partial charge on any atom is -0.478 e. The molecule has 0 spiro atoms. The average Bonchev–Trinajstić information content (AvgIpc) is 2.03. The maximum absolute atomic E-state index is 10.5. The lowest BCUT2D eigenvalue weighted by molar-refractivity contribution is -0.385. The molecule has 5 heteroatoms. The first-order valence-electron chi connectivity index (χ1n) is 3.36. The van der Waals surface area contributed by atoms with Gasteiger partial charge in [-0.25, -0.2) is 4.79 Å². The summed E-state index contributed by atoms with van der Waals surface area (Å²) in [5.74, 6) is -1.21. The topological polar surface area (TPSA) is 80.4 Å². The molecule has 0 bridgehead atoms. The number of hydrogen-bond donors (Lipinski definition) is 1. The molecule has 0 aliphatic heterocycles. The van der Waals surface area contributed by atoms with Gasteiger partial charge >= 0.3 is 5.97 Å². The lowest BCUT2D eigenvalue weighted by atomic mass is 10.1. The fraction of sp³-hybridized carbons (Fsp3) is 0. The van der Waals surface area contributed by atoms with Crippen molar-refractivity contribution in [2.75, 3.05) is 0 Å². The largest absolute Gasteiger partial charge is 0.478 e. The SMILES string of the molecule is [CH2]c1c(C(=O)O)cccc1[N+](=O)[O-]. The molecule has 1 aromatic carbocycles. The molecule has 1 rings (SSSR count). The summed E-state index contributed by atoms with van der Waals surface area (Å²) in [6, 6.07) is 3.81. The summed E-state index contributed by atoms with van der Waals surface area (Å²) >= 11 is 0. The van der Waals surface area contributed by atoms with E-state index in [-0.39, 0.29) is 16.8 Å². The molecule has 0 heterocycles. The highest BCUT2D eigenvalue weighted by Gasteiger charge is 2.16. The van der Waals surface area contributed by atoms with Gasteiger partial charge in [-0.3, -0.25) is 10.1 Å². The van der Waals surface area contributed by atoms with Gasteiger partial charge in [0, 0.05) is 11.6 Å². The van der Waals surface area contributed by atoms with Crippen molar-refractivity contribution in [3.05, 3.63) is 46.4 Å². The second-order valence-electron chi connectivity index (χ2n) is 2.37. The van der Waals surface area contributed by atoms with Crippen molar-refractivity contribution in [1.82, 2.24) is 0 Å². The molecule has 0 amide bonds. The smallest absolute Gasteiger partial charge is 0.336 e. The zero-order valence-electron chi connectivity index (χ0n) is 6.56. The summed E-state index contributed by atoms with van der Waals surface area (Å²) in [5, 5.41) is 19.0. The Morgan fingerprint density at radius 1 is 1.54 bits per heavy atom. The van der Waals surface area contributed by atoms with Crippen LogP contribution < -0.4 is 0 Å². The van der Waals surface area contributed by atoms with Crippen LogP contribution in [0.1, 0.15) is 15.9 Å². The normalized spacial score (nSPS) is 9.62. The average molecular weight is 180 g/mol. The molecular weight excluding hydrogens is 174 g/mol. The van der Waals surface area contributed by atoms with Crippen LogP contribution in [0.3, 0.4) is 0 Å². The molecular formula is C8H6NO4. The van der Waals surface area contributed by atoms with Gasteiger partial charge in [0.2, 0.25) is 0 Å². The van der Waals surface area contributed by atoms with Gasteiger partial charge in [0.05, 0.1) is 10.5 Å². The van der Waals surface area contributed by atoms with Crippen molar-refractivity contribution in [3.8, 4) is 0 Å². The quantitative estimate of drug-likeness (QED) is 0.552. The number of nitrogens with zero attached hydrogens (tertiary/aromatic N) is 1. The van der Waals surface area contributed by atoms with E-state index in [4.69, 9.17) is 5.11 Å². The third kappa shape index (κ3) is 1.64. The Morgan fingerprint density at radius 2 is 2.15 bits per heavy atom. The Morgan fingerprint density at radius 3 is 2.62 bits per heavy atom. The summed E-state index contributed by atoms with van der Waals surface area (Å²) in [4.78, 5) is 20.2. The summed E-state index contributed by atoms with van der Waals surface area (Å²) in [5.41, 5.74) is -0.492. The van der Waals surface area contributed by atoms with Crippen molar-refractivity contribution in [2.45, 2.75) is 0 Å². The van der Waals surface area contributed by atoms with Crippen LogP contribution in [0.5, 0.6) is 0 Å². The van der Waals surface area contributed by atoms with E-state index in [0.717, 1.165) is 0 Å². The molecule has 67 valence electrons. The monoisotopic (exact) mass is 180 g/mol. The van der Waals surface area contributed by atoms with Crippen molar-refractivity contribution in [2.24, 2.45) is 0 Å². The number of hydrogen-bond acceptors (Lipinski definition) is 3. The summed E-state index contributed by atoms with van der Waals surface area (Å²) in [7, 11) is 0. The van der Waals surface area contributed by atoms with Gasteiger partial charge in [-0.1, -0.05) is 6.07 Å². The molecule has 1 radical (unpaired) electrons. The van der Waals surface area contributed by atoms with Crippen LogP contribution in [-0.2, 0) is 0 Å². The Balaban J connectivity index is 3.35. The lowest BCUT2D eigenvalue weighted by Crippen LogP contribution is -2.02. The summed E-state index contributed by atoms with van der Waals surface area (Å²) < 4.78 is 0. The standard InChI is InChI=1S/C8H6NO4/c1-5-6(8(10)11)3-2-4-7(5)9(12)13/h2-4H,1H2,(H,10,11). The number of benzene rings is 1. The number of nitro benzene ring substituents is 1. The maximum Gasteiger partial charge on any atom is 0.336 e. The summed E-state index contributed by atoms with van der Waals surface area (Å²) in [6.45, 7) is 3.34. The Labute approximate surface area is 73.8 Å². The predicted octanol–water partition coefficient (Wildman–Crippen LogP) is 1.48. The number of carbonyl (C=O) groups is 1. The third-order valence-corrected chi connectivity index (χ3v) is 1.58. The first-order valence-corrected chi connectivity index (χ1v) is 3.36. The molecule has 0 saturated heterocycles. The van der Waals surface area contributed by atoms with Gasteiger partial charge in [-0.05, 0) is 13.0 Å². The van der Waals surface area contributed by atoms with E-state index in [1.807, 2.05) is 0 Å². The first-order chi connectivity index (χ1) is 6.04. The predicted molar refractivity (Wildman–Crippen MR) is 44.5 cm³/mol. The molecule has 13 heavy (non-hydrogen) atoms. The Kier molecular flexibility index (Phi) is 2.27. The van der Waals surface area contributed by atoms with Gasteiger partial charge in [0.25, 0.3) is 5.69 Å². The number of rotatable bonds is 2. The van der Waals surface area contributed by atoms with E-state index in [1.54, 1.807) is 0 Å². The molecule has 0 atom stereocenters. The number of carboxylic acid groups (broad SMARTS) is 1. The molecule has 5 nitrogen and oxygen atoms in total. The van der Waals surface area contributed by atoms with E-state index >= 15 is 0 Å². The second kappa shape index (κ2) is 3.22. The Hall–Kier alpha value is -1.91. The molecule has 0 aliphatic rings. The highest BCUT2D eigenvalue weighted by molar-refractivity contribution is 5.91. The molecule has 0 unspecified atom stereocenters. The van der Waals surface area contributed by atoms with E-state index in [2.05, 4.69) is 6.92 Å². The first kappa shape index (κ1) is 9.18. The number of nitro groups is 1. The van der Waals surface area contributed by atoms with Crippen molar-refractivity contribution in [1.29, 1.82) is 0 Å². The van der Waals surface area contributed by atoms with E-state index in [1.165, 1.54) is 18.2 Å². The molecule has 0 aromatic heterocycles. The fourth-order valence-electron chi connectivity index (χ4n) is 0.946. The zero-order valence-corrected chi connectivity index (χ0v) is 6.56. The minimum absolute atomic E-state index is 0.0694. The molecule has 1 aromatic rings. The van der Waals surface area contributed by atoms with Crippen molar-refractivity contribution in [3.63, 3.8) is 0 Å². The van der Waals surface area contributed by atoms with Gasteiger partial charge < -0.3 is 5.11 Å². The molecule has 0 aliphatic carbocycles. The van der Waals surface area contributed by atoms with Crippen LogP contribution >= 0.6 is 0 Å². The summed E-state index contributed by atoms with van der Waals surface area (Å²) in [6.07, 6.45) is 0. The van der Waals surface area contributed by atoms with Crippen LogP contribution in [0.15, 0.2) is 18.2 Å². The van der Waals surface area contributed by atoms with Crippen LogP contribution in [0.4, 0.5) is 5.69 Å². The van der Waals surface area contributed by atoms with E-state index < -0.39 is 10.9 Å². The van der Waals surface area contributed by atoms with Gasteiger partial charge in [-0.15, -0.1) is 0 Å². The number of aromatic carboxylic acids is 1. The van der Waals surface area contributed by atoms with Gasteiger partial charge in [0.1, 0.15) is 0 Å². The lowest BCUT2D eigenvalue weighted by Gasteiger charge is -1.99. The highest BCUT2D eigenvalue weighted by atomic mass is 16.6. The molecule has 0 fully saturated rings. The Bertz CT molecular complexity index is 340. The van der Waals surface area contributed by atoms with Crippen molar-refractivity contribution >= 4 is 11.7 Å². The van der Waals surface area contributed by atoms with E-state index in [9.17, 15) is 14.9 Å². The zero-order chi connectivity index (χ0) is 10.0. The molecule has 0 saturated carbocycles. The third-order valence-electron chi connectivity index (χ3n) is 1.58. The van der Waals surface area contributed by atoms with Crippen LogP contribution in [0.2, 0.25) is 0 Å². The van der Waals surface area contributed by atoms with E-state index in [0.29, 0.717) is 0 Å².